The molecule has 3 aromatic rings. The quantitative estimate of drug-likeness (QED) is 0.505. The summed E-state index contributed by atoms with van der Waals surface area (Å²) < 4.78 is 29.2. The summed E-state index contributed by atoms with van der Waals surface area (Å²) in [4.78, 5) is 12.1. The van der Waals surface area contributed by atoms with Crippen LogP contribution >= 0.6 is 0 Å². The van der Waals surface area contributed by atoms with Gasteiger partial charge in [-0.1, -0.05) is 48.5 Å². The smallest absolute Gasteiger partial charge is 0.334 e. The van der Waals surface area contributed by atoms with Gasteiger partial charge in [0.1, 0.15) is 0 Å². The van der Waals surface area contributed by atoms with Crippen molar-refractivity contribution >= 4 is 32.7 Å². The maximum atomic E-state index is 12.1. The van der Waals surface area contributed by atoms with E-state index in [-0.39, 0.29) is 10.9 Å². The van der Waals surface area contributed by atoms with Crippen LogP contribution in [0.4, 0.5) is 0 Å². The summed E-state index contributed by atoms with van der Waals surface area (Å²) in [6.45, 7) is 0.385. The van der Waals surface area contributed by atoms with Crippen LogP contribution in [0.25, 0.3) is 28.0 Å². The van der Waals surface area contributed by atoms with E-state index in [9.17, 15) is 13.2 Å². The Morgan fingerprint density at radius 1 is 0.963 bits per heavy atom. The Hall–Kier alpha value is -2.92. The molecule has 0 radical (unpaired) electrons. The Kier molecular flexibility index (Phi) is 4.32. The lowest BCUT2D eigenvalue weighted by Gasteiger charge is -2.12. The Morgan fingerprint density at radius 2 is 1.74 bits per heavy atom. The Balaban J connectivity index is 2.00. The molecule has 0 unspecified atom stereocenters. The lowest BCUT2D eigenvalue weighted by molar-refractivity contribution is -0.134. The molecule has 0 atom stereocenters. The van der Waals surface area contributed by atoms with Crippen molar-refractivity contribution in [2.45, 2.75) is 11.3 Å². The predicted octanol–water partition coefficient (Wildman–Crippen LogP) is 4.24. The summed E-state index contributed by atoms with van der Waals surface area (Å²) in [7, 11) is -3.35. The fourth-order valence-corrected chi connectivity index (χ4v) is 4.00. The fraction of sp³-hybridized carbons (Fsp3) is 0.136. The van der Waals surface area contributed by atoms with Crippen molar-refractivity contribution in [3.05, 3.63) is 71.8 Å². The summed E-state index contributed by atoms with van der Waals surface area (Å²) in [6.07, 6.45) is 3.56. The number of hydrogen-bond acceptors (Lipinski definition) is 4. The van der Waals surface area contributed by atoms with Gasteiger partial charge in [-0.3, -0.25) is 0 Å². The van der Waals surface area contributed by atoms with Gasteiger partial charge in [-0.15, -0.1) is 0 Å². The average Bonchev–Trinajstić information content (AvgIpc) is 3.05. The summed E-state index contributed by atoms with van der Waals surface area (Å²) >= 11 is 0. The number of cyclic esters (lactones) is 1. The number of esters is 1. The summed E-state index contributed by atoms with van der Waals surface area (Å²) in [5, 5.41) is 2.10. The van der Waals surface area contributed by atoms with E-state index in [4.69, 9.17) is 4.74 Å². The topological polar surface area (TPSA) is 60.4 Å². The molecule has 1 fully saturated rings. The van der Waals surface area contributed by atoms with Crippen molar-refractivity contribution in [1.29, 1.82) is 0 Å². The van der Waals surface area contributed by atoms with Crippen LogP contribution in [0.15, 0.2) is 71.1 Å². The molecule has 1 heterocycles. The number of hydrogen-bond donors (Lipinski definition) is 0. The molecule has 0 spiro atoms. The molecular weight excluding hydrogens is 360 g/mol. The van der Waals surface area contributed by atoms with Crippen molar-refractivity contribution < 1.29 is 17.9 Å². The molecule has 1 aliphatic heterocycles. The van der Waals surface area contributed by atoms with E-state index < -0.39 is 9.84 Å². The highest BCUT2D eigenvalue weighted by Crippen LogP contribution is 2.34. The predicted molar refractivity (Wildman–Crippen MR) is 106 cm³/mol. The molecule has 1 aliphatic rings. The van der Waals surface area contributed by atoms with E-state index in [0.717, 1.165) is 27.5 Å². The van der Waals surface area contributed by atoms with Crippen LogP contribution in [-0.4, -0.2) is 27.2 Å². The van der Waals surface area contributed by atoms with Crippen LogP contribution < -0.4 is 0 Å². The lowest BCUT2D eigenvalue weighted by atomic mass is 9.93. The molecule has 0 amide bonds. The van der Waals surface area contributed by atoms with E-state index in [2.05, 4.69) is 0 Å². The van der Waals surface area contributed by atoms with Gasteiger partial charge in [0.15, 0.2) is 9.84 Å². The molecule has 5 heteroatoms. The SMILES string of the molecule is CS(=O)(=O)c1ccc(/C=C2/CCOC2=O)c(-c2cccc3ccccc23)c1. The molecule has 0 aliphatic carbocycles. The maximum Gasteiger partial charge on any atom is 0.334 e. The zero-order chi connectivity index (χ0) is 19.0. The summed E-state index contributed by atoms with van der Waals surface area (Å²) in [5.74, 6) is -0.314. The normalized spacial score (nSPS) is 16.0. The van der Waals surface area contributed by atoms with Crippen molar-refractivity contribution in [3.63, 3.8) is 0 Å². The highest BCUT2D eigenvalue weighted by atomic mass is 32.2. The van der Waals surface area contributed by atoms with Gasteiger partial charge in [-0.05, 0) is 45.7 Å². The van der Waals surface area contributed by atoms with Crippen molar-refractivity contribution in [2.75, 3.05) is 12.9 Å². The fourth-order valence-electron chi connectivity index (χ4n) is 3.35. The number of carbonyl (C=O) groups is 1. The minimum atomic E-state index is -3.35. The zero-order valence-corrected chi connectivity index (χ0v) is 15.6. The van der Waals surface area contributed by atoms with Crippen LogP contribution in [0.1, 0.15) is 12.0 Å². The van der Waals surface area contributed by atoms with Crippen LogP contribution in [0.3, 0.4) is 0 Å². The highest BCUT2D eigenvalue weighted by Gasteiger charge is 2.20. The van der Waals surface area contributed by atoms with E-state index in [1.807, 2.05) is 42.5 Å². The van der Waals surface area contributed by atoms with Gasteiger partial charge >= 0.3 is 5.97 Å². The monoisotopic (exact) mass is 378 g/mol. The van der Waals surface area contributed by atoms with Crippen molar-refractivity contribution in [1.82, 2.24) is 0 Å². The highest BCUT2D eigenvalue weighted by molar-refractivity contribution is 7.90. The van der Waals surface area contributed by atoms with Gasteiger partial charge in [0.05, 0.1) is 11.5 Å². The molecule has 27 heavy (non-hydrogen) atoms. The standard InChI is InChI=1S/C22H18O4S/c1-27(24,25)18-10-9-16(13-17-11-12-26-22(17)23)21(14-18)20-8-4-6-15-5-2-3-7-19(15)20/h2-10,13-14H,11-12H2,1H3/b17-13-. The third kappa shape index (κ3) is 3.38. The van der Waals surface area contributed by atoms with E-state index in [1.165, 1.54) is 6.26 Å². The summed E-state index contributed by atoms with van der Waals surface area (Å²) in [5.41, 5.74) is 3.11. The Labute approximate surface area is 158 Å². The average molecular weight is 378 g/mol. The van der Waals surface area contributed by atoms with Crippen molar-refractivity contribution in [2.24, 2.45) is 0 Å². The second-order valence-electron chi connectivity index (χ2n) is 6.60. The first-order chi connectivity index (χ1) is 12.9. The number of ether oxygens (including phenoxy) is 1. The van der Waals surface area contributed by atoms with E-state index in [1.54, 1.807) is 24.3 Å². The molecule has 0 N–H and O–H groups in total. The first kappa shape index (κ1) is 17.5. The second kappa shape index (κ2) is 6.67. The molecular formula is C22H18O4S. The first-order valence-corrected chi connectivity index (χ1v) is 10.5. The van der Waals surface area contributed by atoms with Gasteiger partial charge in [-0.2, -0.15) is 0 Å². The molecule has 136 valence electrons. The second-order valence-corrected chi connectivity index (χ2v) is 8.62. The molecule has 0 aromatic heterocycles. The van der Waals surface area contributed by atoms with Gasteiger partial charge in [0.2, 0.25) is 0 Å². The van der Waals surface area contributed by atoms with Gasteiger partial charge in [-0.25, -0.2) is 13.2 Å². The van der Waals surface area contributed by atoms with Crippen LogP contribution in [0.5, 0.6) is 0 Å². The molecule has 4 nitrogen and oxygen atoms in total. The van der Waals surface area contributed by atoms with Gasteiger partial charge < -0.3 is 4.74 Å². The lowest BCUT2D eigenvalue weighted by Crippen LogP contribution is -1.99. The number of fused-ring (bicyclic) bond motifs is 1. The van der Waals surface area contributed by atoms with Crippen LogP contribution in [0.2, 0.25) is 0 Å². The first-order valence-electron chi connectivity index (χ1n) is 8.63. The third-order valence-corrected chi connectivity index (χ3v) is 5.84. The third-order valence-electron chi connectivity index (χ3n) is 4.73. The van der Waals surface area contributed by atoms with Crippen molar-refractivity contribution in [3.8, 4) is 11.1 Å². The number of sulfone groups is 1. The number of benzene rings is 3. The molecule has 4 rings (SSSR count). The molecule has 0 saturated carbocycles. The minimum Gasteiger partial charge on any atom is -0.462 e. The molecule has 1 saturated heterocycles. The van der Waals surface area contributed by atoms with Crippen LogP contribution in [0, 0.1) is 0 Å². The van der Waals surface area contributed by atoms with E-state index >= 15 is 0 Å². The largest absolute Gasteiger partial charge is 0.462 e. The molecule has 0 bridgehead atoms. The Morgan fingerprint density at radius 3 is 2.48 bits per heavy atom. The molecule has 3 aromatic carbocycles. The van der Waals surface area contributed by atoms with Gasteiger partial charge in [0, 0.05) is 18.2 Å². The number of carbonyl (C=O) groups excluding carboxylic acids is 1. The van der Waals surface area contributed by atoms with Crippen LogP contribution in [-0.2, 0) is 19.4 Å². The maximum absolute atomic E-state index is 12.1. The van der Waals surface area contributed by atoms with Gasteiger partial charge in [0.25, 0.3) is 0 Å². The minimum absolute atomic E-state index is 0.251. The van der Waals surface area contributed by atoms with E-state index in [0.29, 0.717) is 18.6 Å². The summed E-state index contributed by atoms with van der Waals surface area (Å²) in [6, 6.07) is 18.9. The zero-order valence-electron chi connectivity index (χ0n) is 14.8. The Bertz CT molecular complexity index is 1180. The number of rotatable bonds is 3.